The number of hydrogen-bond acceptors (Lipinski definition) is 8. The van der Waals surface area contributed by atoms with Crippen LogP contribution in [0.5, 0.6) is 11.5 Å². The third kappa shape index (κ3) is 10.3. The smallest absolute Gasteiger partial charge is 0.273 e. The summed E-state index contributed by atoms with van der Waals surface area (Å²) in [6.07, 6.45) is 1.57. The van der Waals surface area contributed by atoms with Gasteiger partial charge in [-0.15, -0.1) is 0 Å². The molecule has 0 radical (unpaired) electrons. The molecule has 3 N–H and O–H groups in total. The molecule has 0 aliphatic carbocycles. The fourth-order valence-corrected chi connectivity index (χ4v) is 3.34. The second-order valence-electron chi connectivity index (χ2n) is 9.33. The maximum absolute atomic E-state index is 13.2. The number of nitrogens with two attached hydrogens (primary N) is 1. The summed E-state index contributed by atoms with van der Waals surface area (Å²) in [5, 5.41) is 21.7. The Balaban J connectivity index is 0.00000229. The highest BCUT2D eigenvalue weighted by Crippen LogP contribution is 2.29. The molecule has 0 saturated heterocycles. The lowest BCUT2D eigenvalue weighted by atomic mass is 10.0. The molecular weight excluding hydrogens is 488 g/mol. The molecule has 10 nitrogen and oxygen atoms in total. The van der Waals surface area contributed by atoms with Crippen LogP contribution in [0.15, 0.2) is 48.2 Å². The number of primary amides is 1. The number of carbonyl (C=O) groups excluding carboxylic acids is 2. The van der Waals surface area contributed by atoms with Gasteiger partial charge in [-0.3, -0.25) is 19.7 Å². The van der Waals surface area contributed by atoms with Gasteiger partial charge in [-0.2, -0.15) is 5.26 Å². The van der Waals surface area contributed by atoms with Gasteiger partial charge in [0.15, 0.2) is 5.78 Å². The largest absolute Gasteiger partial charge is 0.490 e. The molecule has 0 aromatic heterocycles. The maximum atomic E-state index is 13.2. The molecule has 0 spiro atoms. The molecule has 1 amide bonds. The Kier molecular flexibility index (Phi) is 12.5. The summed E-state index contributed by atoms with van der Waals surface area (Å²) in [4.78, 5) is 35.6. The summed E-state index contributed by atoms with van der Waals surface area (Å²) >= 11 is 0. The standard InChI is InChI=1S/C26H33N3O6.C2H3N/c1-15(2)11-19(28-18-7-9-22(26(27)31)24(13-18)34-16(3)4)12-23(30)21-10-8-20(29(32)33)14-25(21)35-17(5)6;1-2-3/h7-10,12-17,28H,11H2,1-6H3,(H2,27,31);1H3/b19-12-;. The number of nitro benzene ring substituents is 1. The number of ketones is 1. The van der Waals surface area contributed by atoms with Crippen molar-refractivity contribution in [1.82, 2.24) is 0 Å². The van der Waals surface area contributed by atoms with E-state index in [0.717, 1.165) is 0 Å². The van der Waals surface area contributed by atoms with Gasteiger partial charge in [0.2, 0.25) is 0 Å². The van der Waals surface area contributed by atoms with Gasteiger partial charge in [0.05, 0.1) is 40.4 Å². The molecule has 2 aromatic carbocycles. The van der Waals surface area contributed by atoms with Crippen molar-refractivity contribution in [2.24, 2.45) is 11.7 Å². The number of rotatable bonds is 12. The molecule has 2 rings (SSSR count). The second-order valence-corrected chi connectivity index (χ2v) is 9.33. The molecule has 38 heavy (non-hydrogen) atoms. The first-order valence-electron chi connectivity index (χ1n) is 12.2. The number of nitro groups is 1. The minimum Gasteiger partial charge on any atom is -0.490 e. The molecule has 10 heteroatoms. The molecule has 0 aliphatic rings. The van der Waals surface area contributed by atoms with Crippen molar-refractivity contribution in [2.45, 2.75) is 67.1 Å². The lowest BCUT2D eigenvalue weighted by molar-refractivity contribution is -0.384. The fourth-order valence-electron chi connectivity index (χ4n) is 3.34. The minimum atomic E-state index is -0.601. The SMILES string of the molecule is CC#N.CC(C)C/C(=C/C(=O)c1ccc([N+](=O)[O-])cc1OC(C)C)Nc1ccc(C(N)=O)c(OC(C)C)c1. The van der Waals surface area contributed by atoms with Crippen molar-refractivity contribution >= 4 is 23.1 Å². The van der Waals surface area contributed by atoms with Gasteiger partial charge >= 0.3 is 0 Å². The van der Waals surface area contributed by atoms with Gasteiger partial charge in [0.25, 0.3) is 11.6 Å². The number of allylic oxidation sites excluding steroid dienone is 2. The number of benzene rings is 2. The number of amides is 1. The topological polar surface area (TPSA) is 158 Å². The summed E-state index contributed by atoms with van der Waals surface area (Å²) in [5.41, 5.74) is 7.03. The van der Waals surface area contributed by atoms with Crippen molar-refractivity contribution < 1.29 is 24.0 Å². The van der Waals surface area contributed by atoms with E-state index in [4.69, 9.17) is 20.5 Å². The minimum absolute atomic E-state index is 0.151. The van der Waals surface area contributed by atoms with Crippen LogP contribution in [0, 0.1) is 27.4 Å². The monoisotopic (exact) mass is 524 g/mol. The molecule has 0 heterocycles. The van der Waals surface area contributed by atoms with E-state index in [0.29, 0.717) is 23.6 Å². The molecule has 0 saturated carbocycles. The lowest BCUT2D eigenvalue weighted by Gasteiger charge is -2.17. The zero-order valence-electron chi connectivity index (χ0n) is 22.9. The van der Waals surface area contributed by atoms with E-state index in [1.807, 2.05) is 27.7 Å². The number of anilines is 1. The molecule has 0 aliphatic heterocycles. The van der Waals surface area contributed by atoms with E-state index < -0.39 is 10.8 Å². The number of carbonyl (C=O) groups is 2. The molecule has 0 atom stereocenters. The average molecular weight is 525 g/mol. The Morgan fingerprint density at radius 3 is 2.03 bits per heavy atom. The van der Waals surface area contributed by atoms with Crippen LogP contribution in [-0.2, 0) is 0 Å². The predicted octanol–water partition coefficient (Wildman–Crippen LogP) is 6.02. The summed E-state index contributed by atoms with van der Waals surface area (Å²) in [6.45, 7) is 12.7. The van der Waals surface area contributed by atoms with Gasteiger partial charge < -0.3 is 20.5 Å². The highest BCUT2D eigenvalue weighted by atomic mass is 16.6. The highest BCUT2D eigenvalue weighted by molar-refractivity contribution is 6.07. The van der Waals surface area contributed by atoms with Crippen molar-refractivity contribution in [3.63, 3.8) is 0 Å². The molecule has 0 bridgehead atoms. The van der Waals surface area contributed by atoms with Gasteiger partial charge in [0, 0.05) is 36.5 Å². The predicted molar refractivity (Wildman–Crippen MR) is 146 cm³/mol. The van der Waals surface area contributed by atoms with Gasteiger partial charge in [0.1, 0.15) is 11.5 Å². The number of nitrogens with one attached hydrogen (secondary N) is 1. The van der Waals surface area contributed by atoms with Crippen LogP contribution >= 0.6 is 0 Å². The zero-order chi connectivity index (χ0) is 29.0. The normalized spacial score (nSPS) is 10.9. The van der Waals surface area contributed by atoms with Crippen molar-refractivity contribution in [3.05, 3.63) is 69.4 Å². The molecule has 2 aromatic rings. The molecule has 204 valence electrons. The quantitative estimate of drug-likeness (QED) is 0.148. The number of non-ortho nitro benzene ring substituents is 1. The average Bonchev–Trinajstić information content (AvgIpc) is 2.78. The van der Waals surface area contributed by atoms with Crippen LogP contribution in [0.25, 0.3) is 0 Å². The molecular formula is C28H36N4O6. The Labute approximate surface area is 223 Å². The van der Waals surface area contributed by atoms with Crippen LogP contribution in [0.1, 0.15) is 75.6 Å². The second kappa shape index (κ2) is 15.0. The van der Waals surface area contributed by atoms with Gasteiger partial charge in [-0.25, -0.2) is 0 Å². The van der Waals surface area contributed by atoms with E-state index in [2.05, 4.69) is 5.32 Å². The number of nitriles is 1. The molecule has 0 unspecified atom stereocenters. The first-order valence-corrected chi connectivity index (χ1v) is 12.2. The third-order valence-corrected chi connectivity index (χ3v) is 4.65. The third-order valence-electron chi connectivity index (χ3n) is 4.65. The van der Waals surface area contributed by atoms with Crippen LogP contribution in [-0.4, -0.2) is 28.8 Å². The van der Waals surface area contributed by atoms with Gasteiger partial charge in [-0.1, -0.05) is 13.8 Å². The van der Waals surface area contributed by atoms with E-state index in [9.17, 15) is 19.7 Å². The first kappa shape index (κ1) is 31.6. The Hall–Kier alpha value is -4.39. The van der Waals surface area contributed by atoms with Crippen molar-refractivity contribution in [2.75, 3.05) is 5.32 Å². The number of ether oxygens (including phenoxy) is 2. The van der Waals surface area contributed by atoms with E-state index in [-0.39, 0.29) is 46.5 Å². The van der Waals surface area contributed by atoms with Crippen molar-refractivity contribution in [1.29, 1.82) is 5.26 Å². The summed E-state index contributed by atoms with van der Waals surface area (Å²) < 4.78 is 11.4. The van der Waals surface area contributed by atoms with E-state index in [1.165, 1.54) is 31.2 Å². The Morgan fingerprint density at radius 2 is 1.55 bits per heavy atom. The van der Waals surface area contributed by atoms with Crippen LogP contribution in [0.2, 0.25) is 0 Å². The van der Waals surface area contributed by atoms with Crippen LogP contribution in [0.3, 0.4) is 0 Å². The zero-order valence-corrected chi connectivity index (χ0v) is 22.9. The fraction of sp³-hybridized carbons (Fsp3) is 0.393. The highest BCUT2D eigenvalue weighted by Gasteiger charge is 2.19. The van der Waals surface area contributed by atoms with Gasteiger partial charge in [-0.05, 0) is 58.2 Å². The number of hydrogen-bond donors (Lipinski definition) is 2. The van der Waals surface area contributed by atoms with Crippen LogP contribution < -0.4 is 20.5 Å². The summed E-state index contributed by atoms with van der Waals surface area (Å²) in [6, 6.07) is 10.6. The summed E-state index contributed by atoms with van der Waals surface area (Å²) in [5.74, 6) is -0.239. The van der Waals surface area contributed by atoms with E-state index >= 15 is 0 Å². The summed E-state index contributed by atoms with van der Waals surface area (Å²) in [7, 11) is 0. The van der Waals surface area contributed by atoms with Crippen LogP contribution in [0.4, 0.5) is 11.4 Å². The first-order chi connectivity index (χ1) is 17.8. The lowest BCUT2D eigenvalue weighted by Crippen LogP contribution is -2.16. The van der Waals surface area contributed by atoms with Crippen molar-refractivity contribution in [3.8, 4) is 17.6 Å². The Bertz CT molecular complexity index is 1210. The number of nitrogens with zero attached hydrogens (tertiary/aromatic N) is 2. The Morgan fingerprint density at radius 1 is 1.03 bits per heavy atom. The van der Waals surface area contributed by atoms with E-state index in [1.54, 1.807) is 38.1 Å². The molecule has 0 fully saturated rings. The maximum Gasteiger partial charge on any atom is 0.273 e.